The van der Waals surface area contributed by atoms with Gasteiger partial charge in [-0.2, -0.15) is 0 Å². The Morgan fingerprint density at radius 3 is 2.89 bits per heavy atom. The Labute approximate surface area is 108 Å². The minimum absolute atomic E-state index is 0.0274. The summed E-state index contributed by atoms with van der Waals surface area (Å²) in [6.07, 6.45) is 1.27. The number of benzene rings is 1. The van der Waals surface area contributed by atoms with E-state index in [1.807, 2.05) is 0 Å². The summed E-state index contributed by atoms with van der Waals surface area (Å²) in [7, 11) is 0. The molecule has 1 aliphatic heterocycles. The van der Waals surface area contributed by atoms with Crippen LogP contribution < -0.4 is 4.74 Å². The molecule has 0 radical (unpaired) electrons. The van der Waals surface area contributed by atoms with Crippen LogP contribution in [0.5, 0.6) is 5.75 Å². The fourth-order valence-electron chi connectivity index (χ4n) is 1.88. The predicted molar refractivity (Wildman–Crippen MR) is 64.5 cm³/mol. The number of hydrogen-bond acceptors (Lipinski definition) is 5. The van der Waals surface area contributed by atoms with Crippen LogP contribution in [-0.4, -0.2) is 35.3 Å². The van der Waals surface area contributed by atoms with Crippen LogP contribution in [-0.2, 0) is 4.74 Å². The molecule has 7 heteroatoms. The fraction of sp³-hybridized carbons (Fsp3) is 0.417. The lowest BCUT2D eigenvalue weighted by atomic mass is 10.1. The van der Waals surface area contributed by atoms with Gasteiger partial charge in [0.25, 0.3) is 0 Å². The normalized spacial score (nSPS) is 18.8. The van der Waals surface area contributed by atoms with E-state index >= 15 is 0 Å². The zero-order valence-electron chi connectivity index (χ0n) is 10.1. The first-order valence-electron chi connectivity index (χ1n) is 5.84. The highest BCUT2D eigenvalue weighted by Crippen LogP contribution is 2.30. The molecular weight excluding hydrogens is 254 g/mol. The number of aromatic carboxylic acids is 1. The van der Waals surface area contributed by atoms with Gasteiger partial charge in [0.1, 0.15) is 6.10 Å². The van der Waals surface area contributed by atoms with Crippen molar-refractivity contribution in [3.05, 3.63) is 33.9 Å². The van der Waals surface area contributed by atoms with Crippen LogP contribution in [0.15, 0.2) is 18.2 Å². The molecule has 1 heterocycles. The summed E-state index contributed by atoms with van der Waals surface area (Å²) in [5.41, 5.74) is -0.284. The van der Waals surface area contributed by atoms with E-state index in [1.165, 1.54) is 12.1 Å². The SMILES string of the molecule is O=C(O)c1ccc([N+](=O)[O-])c(OC2CCCOC2)c1. The number of nitro benzene ring substituents is 1. The van der Waals surface area contributed by atoms with E-state index < -0.39 is 10.9 Å². The molecule has 19 heavy (non-hydrogen) atoms. The molecule has 1 fully saturated rings. The summed E-state index contributed by atoms with van der Waals surface area (Å²) in [5.74, 6) is -1.18. The summed E-state index contributed by atoms with van der Waals surface area (Å²) in [6, 6.07) is 3.50. The van der Waals surface area contributed by atoms with Gasteiger partial charge in [-0.05, 0) is 18.9 Å². The number of rotatable bonds is 4. The quantitative estimate of drug-likeness (QED) is 0.660. The standard InChI is InChI=1S/C12H13NO6/c14-12(15)8-3-4-10(13(16)17)11(6-8)19-9-2-1-5-18-7-9/h3-4,6,9H,1-2,5,7H2,(H,14,15). The van der Waals surface area contributed by atoms with Crippen LogP contribution in [0.1, 0.15) is 23.2 Å². The van der Waals surface area contributed by atoms with Gasteiger partial charge >= 0.3 is 11.7 Å². The summed E-state index contributed by atoms with van der Waals surface area (Å²) in [6.45, 7) is 1.01. The topological polar surface area (TPSA) is 98.9 Å². The highest BCUT2D eigenvalue weighted by atomic mass is 16.6. The van der Waals surface area contributed by atoms with E-state index in [0.29, 0.717) is 13.2 Å². The second-order valence-corrected chi connectivity index (χ2v) is 4.20. The molecule has 1 aromatic rings. The van der Waals surface area contributed by atoms with Crippen molar-refractivity contribution in [3.8, 4) is 5.75 Å². The van der Waals surface area contributed by atoms with Gasteiger partial charge < -0.3 is 14.6 Å². The maximum absolute atomic E-state index is 10.9. The van der Waals surface area contributed by atoms with Crippen molar-refractivity contribution >= 4 is 11.7 Å². The minimum atomic E-state index is -1.15. The molecule has 1 N–H and O–H groups in total. The molecule has 1 unspecified atom stereocenters. The third-order valence-electron chi connectivity index (χ3n) is 2.82. The van der Waals surface area contributed by atoms with E-state index in [1.54, 1.807) is 0 Å². The van der Waals surface area contributed by atoms with Crippen LogP contribution in [0.2, 0.25) is 0 Å². The largest absolute Gasteiger partial charge is 0.481 e. The third kappa shape index (κ3) is 3.19. The second kappa shape index (κ2) is 5.66. The van der Waals surface area contributed by atoms with Gasteiger partial charge in [-0.3, -0.25) is 10.1 Å². The molecule has 0 bridgehead atoms. The molecule has 2 rings (SSSR count). The first-order chi connectivity index (χ1) is 9.08. The summed E-state index contributed by atoms with van der Waals surface area (Å²) in [5, 5.41) is 19.8. The van der Waals surface area contributed by atoms with Gasteiger partial charge in [-0.1, -0.05) is 0 Å². The summed E-state index contributed by atoms with van der Waals surface area (Å²) in [4.78, 5) is 21.2. The number of carboxylic acid groups (broad SMARTS) is 1. The lowest BCUT2D eigenvalue weighted by molar-refractivity contribution is -0.386. The minimum Gasteiger partial charge on any atom is -0.481 e. The maximum atomic E-state index is 10.9. The van der Waals surface area contributed by atoms with E-state index in [2.05, 4.69) is 0 Å². The predicted octanol–water partition coefficient (Wildman–Crippen LogP) is 1.85. The zero-order valence-corrected chi connectivity index (χ0v) is 10.1. The van der Waals surface area contributed by atoms with Crippen molar-refractivity contribution in [2.75, 3.05) is 13.2 Å². The zero-order chi connectivity index (χ0) is 13.8. The average Bonchev–Trinajstić information content (AvgIpc) is 2.39. The van der Waals surface area contributed by atoms with E-state index in [-0.39, 0.29) is 23.1 Å². The van der Waals surface area contributed by atoms with Crippen LogP contribution >= 0.6 is 0 Å². The van der Waals surface area contributed by atoms with Gasteiger partial charge in [0, 0.05) is 18.7 Å². The number of hydrogen-bond donors (Lipinski definition) is 1. The summed E-state index contributed by atoms with van der Waals surface area (Å²) >= 11 is 0. The van der Waals surface area contributed by atoms with E-state index in [0.717, 1.165) is 18.9 Å². The Kier molecular flexibility index (Phi) is 3.96. The van der Waals surface area contributed by atoms with E-state index in [9.17, 15) is 14.9 Å². The molecule has 1 aliphatic rings. The van der Waals surface area contributed by atoms with Crippen LogP contribution in [0.3, 0.4) is 0 Å². The second-order valence-electron chi connectivity index (χ2n) is 4.20. The highest BCUT2D eigenvalue weighted by Gasteiger charge is 2.22. The number of carbonyl (C=O) groups is 1. The van der Waals surface area contributed by atoms with Gasteiger partial charge in [-0.15, -0.1) is 0 Å². The summed E-state index contributed by atoms with van der Waals surface area (Å²) < 4.78 is 10.7. The molecule has 0 amide bonds. The van der Waals surface area contributed by atoms with Gasteiger partial charge in [0.2, 0.25) is 0 Å². The third-order valence-corrected chi connectivity index (χ3v) is 2.82. The number of nitrogens with zero attached hydrogens (tertiary/aromatic N) is 1. The van der Waals surface area contributed by atoms with Crippen molar-refractivity contribution < 1.29 is 24.3 Å². The molecule has 1 aromatic carbocycles. The lowest BCUT2D eigenvalue weighted by Crippen LogP contribution is -2.28. The Bertz CT molecular complexity index is 495. The monoisotopic (exact) mass is 267 g/mol. The van der Waals surface area contributed by atoms with Crippen molar-refractivity contribution in [3.63, 3.8) is 0 Å². The highest BCUT2D eigenvalue weighted by molar-refractivity contribution is 5.88. The molecular formula is C12H13NO6. The molecule has 7 nitrogen and oxygen atoms in total. The molecule has 0 spiro atoms. The van der Waals surface area contributed by atoms with Crippen molar-refractivity contribution in [2.24, 2.45) is 0 Å². The van der Waals surface area contributed by atoms with E-state index in [4.69, 9.17) is 14.6 Å². The number of nitro groups is 1. The molecule has 0 aromatic heterocycles. The first-order valence-corrected chi connectivity index (χ1v) is 5.84. The van der Waals surface area contributed by atoms with Crippen LogP contribution in [0.4, 0.5) is 5.69 Å². The Balaban J connectivity index is 2.26. The Morgan fingerprint density at radius 2 is 2.32 bits per heavy atom. The number of ether oxygens (including phenoxy) is 2. The van der Waals surface area contributed by atoms with Crippen molar-refractivity contribution in [1.82, 2.24) is 0 Å². The first kappa shape index (κ1) is 13.3. The maximum Gasteiger partial charge on any atom is 0.335 e. The fourth-order valence-corrected chi connectivity index (χ4v) is 1.88. The van der Waals surface area contributed by atoms with Gasteiger partial charge in [-0.25, -0.2) is 4.79 Å². The van der Waals surface area contributed by atoms with Crippen molar-refractivity contribution in [2.45, 2.75) is 18.9 Å². The molecule has 0 aliphatic carbocycles. The average molecular weight is 267 g/mol. The van der Waals surface area contributed by atoms with Gasteiger partial charge in [0.05, 0.1) is 17.1 Å². The Hall–Kier alpha value is -2.15. The molecule has 102 valence electrons. The Morgan fingerprint density at radius 1 is 1.53 bits per heavy atom. The van der Waals surface area contributed by atoms with Gasteiger partial charge in [0.15, 0.2) is 5.75 Å². The van der Waals surface area contributed by atoms with Crippen LogP contribution in [0, 0.1) is 10.1 Å². The number of carboxylic acids is 1. The van der Waals surface area contributed by atoms with Crippen molar-refractivity contribution in [1.29, 1.82) is 0 Å². The molecule has 0 saturated carbocycles. The molecule has 1 atom stereocenters. The smallest absolute Gasteiger partial charge is 0.335 e. The van der Waals surface area contributed by atoms with Crippen LogP contribution in [0.25, 0.3) is 0 Å². The molecule has 1 saturated heterocycles. The lowest BCUT2D eigenvalue weighted by Gasteiger charge is -2.23.